The van der Waals surface area contributed by atoms with Crippen LogP contribution in [0.2, 0.25) is 0 Å². The van der Waals surface area contributed by atoms with Gasteiger partial charge in [0.05, 0.1) is 18.5 Å². The van der Waals surface area contributed by atoms with Gasteiger partial charge in [-0.1, -0.05) is 128 Å². The summed E-state index contributed by atoms with van der Waals surface area (Å²) in [7, 11) is 1.69. The van der Waals surface area contributed by atoms with E-state index in [0.29, 0.717) is 29.1 Å². The Morgan fingerprint density at radius 3 is 1.32 bits per heavy atom. The van der Waals surface area contributed by atoms with E-state index in [-0.39, 0.29) is 10.8 Å². The molecule has 5 rings (SSSR count). The van der Waals surface area contributed by atoms with Crippen molar-refractivity contribution in [1.29, 1.82) is 0 Å². The highest BCUT2D eigenvalue weighted by Gasteiger charge is 2.25. The first-order valence-electron chi connectivity index (χ1n) is 22.2. The maximum absolute atomic E-state index is 12.2. The third-order valence-electron chi connectivity index (χ3n) is 12.4. The minimum atomic E-state index is -0.130. The number of pyridine rings is 1. The molecule has 0 spiro atoms. The molecular weight excluding hydrogens is 735 g/mol. The maximum Gasteiger partial charge on any atom is 0.126 e. The molecule has 1 heterocycles. The predicted octanol–water partition coefficient (Wildman–Crippen LogP) is 15.5. The molecule has 0 saturated carbocycles. The van der Waals surface area contributed by atoms with E-state index in [4.69, 9.17) is 9.72 Å². The fraction of sp³-hybridized carbons (Fsp3) is 0.411. The van der Waals surface area contributed by atoms with Crippen molar-refractivity contribution in [2.45, 2.75) is 131 Å². The first kappa shape index (κ1) is 46.0. The van der Waals surface area contributed by atoms with Crippen molar-refractivity contribution in [3.8, 4) is 62.0 Å². The summed E-state index contributed by atoms with van der Waals surface area (Å²) in [6.07, 6.45) is 11.6. The van der Waals surface area contributed by atoms with Crippen molar-refractivity contribution in [2.24, 2.45) is 11.8 Å². The Morgan fingerprint density at radius 2 is 0.983 bits per heavy atom. The van der Waals surface area contributed by atoms with Crippen LogP contribution in [0.15, 0.2) is 98.1 Å². The number of hydrogen-bond acceptors (Lipinski definition) is 4. The van der Waals surface area contributed by atoms with Crippen molar-refractivity contribution < 1.29 is 14.9 Å². The number of aromatic hydroxyl groups is 2. The summed E-state index contributed by atoms with van der Waals surface area (Å²) >= 11 is 0. The quantitative estimate of drug-likeness (QED) is 0.0919. The summed E-state index contributed by atoms with van der Waals surface area (Å²) in [5.41, 5.74) is 13.0. The van der Waals surface area contributed by atoms with E-state index in [9.17, 15) is 10.2 Å². The number of ether oxygens (including phenoxy) is 1. The Hall–Kier alpha value is -5.09. The zero-order valence-electron chi connectivity index (χ0n) is 38.6. The number of methoxy groups -OCH3 is 1. The smallest absolute Gasteiger partial charge is 0.126 e. The van der Waals surface area contributed by atoms with Gasteiger partial charge in [-0.15, -0.1) is 13.2 Å². The molecule has 4 aromatic carbocycles. The van der Waals surface area contributed by atoms with Crippen molar-refractivity contribution in [1.82, 2.24) is 4.98 Å². The second-order valence-corrected chi connectivity index (χ2v) is 19.1. The summed E-state index contributed by atoms with van der Waals surface area (Å²) in [5.74, 6) is 2.36. The lowest BCUT2D eigenvalue weighted by Crippen LogP contribution is -2.12. The number of aromatic nitrogens is 1. The normalized spacial score (nSPS) is 12.9. The van der Waals surface area contributed by atoms with Gasteiger partial charge in [0.15, 0.2) is 0 Å². The van der Waals surface area contributed by atoms with Crippen molar-refractivity contribution in [3.05, 3.63) is 131 Å². The fourth-order valence-electron chi connectivity index (χ4n) is 8.32. The van der Waals surface area contributed by atoms with Gasteiger partial charge in [-0.3, -0.25) is 0 Å². The average Bonchev–Trinajstić information content (AvgIpc) is 3.21. The Balaban J connectivity index is 1.73. The first-order chi connectivity index (χ1) is 28.4. The standard InChI is InChI=1S/C56H71NO3/c1-14-18-38(16-3)22-24-40-30-42(55(7,8)9)32-49(53(40)58)45-26-20-36(5)28-47(45)51-34-44(60-13)35-52(57-51)48-29-37(6)21-27-46(48)50-33-43(56(10,11)12)31-41(54(50)59)25-23-39(17-4)19-15-2/h14-15,20-21,26-35,38-39,58-59H,1-2,16-19,22-25H2,3-13H3. The average molecular weight is 806 g/mol. The van der Waals surface area contributed by atoms with Gasteiger partial charge in [0.25, 0.3) is 0 Å². The van der Waals surface area contributed by atoms with Crippen LogP contribution in [-0.4, -0.2) is 22.3 Å². The van der Waals surface area contributed by atoms with E-state index < -0.39 is 0 Å². The van der Waals surface area contributed by atoms with Crippen LogP contribution in [0.1, 0.15) is 127 Å². The fourth-order valence-corrected chi connectivity index (χ4v) is 8.32. The van der Waals surface area contributed by atoms with Crippen LogP contribution in [0, 0.1) is 25.7 Å². The second-order valence-electron chi connectivity index (χ2n) is 19.1. The monoisotopic (exact) mass is 806 g/mol. The van der Waals surface area contributed by atoms with E-state index in [2.05, 4.69) is 143 Å². The van der Waals surface area contributed by atoms with Crippen molar-refractivity contribution >= 4 is 0 Å². The summed E-state index contributed by atoms with van der Waals surface area (Å²) < 4.78 is 6.02. The molecule has 0 aliphatic carbocycles. The lowest BCUT2D eigenvalue weighted by atomic mass is 9.81. The number of phenolic OH excluding ortho intramolecular Hbond substituents is 2. The predicted molar refractivity (Wildman–Crippen MR) is 257 cm³/mol. The molecule has 0 fully saturated rings. The molecule has 0 saturated heterocycles. The van der Waals surface area contributed by atoms with E-state index in [1.165, 1.54) is 11.1 Å². The highest BCUT2D eigenvalue weighted by atomic mass is 16.5. The lowest BCUT2D eigenvalue weighted by Gasteiger charge is -2.24. The first-order valence-corrected chi connectivity index (χ1v) is 22.2. The van der Waals surface area contributed by atoms with Crippen LogP contribution in [0.4, 0.5) is 0 Å². The van der Waals surface area contributed by atoms with Gasteiger partial charge < -0.3 is 14.9 Å². The number of hydrogen-bond donors (Lipinski definition) is 2. The van der Waals surface area contributed by atoms with Crippen LogP contribution in [0.3, 0.4) is 0 Å². The van der Waals surface area contributed by atoms with Crippen molar-refractivity contribution in [2.75, 3.05) is 7.11 Å². The topological polar surface area (TPSA) is 62.6 Å². The Kier molecular flexibility index (Phi) is 15.0. The zero-order chi connectivity index (χ0) is 43.9. The number of aryl methyl sites for hydroxylation is 4. The highest BCUT2D eigenvalue weighted by molar-refractivity contribution is 5.90. The molecule has 4 nitrogen and oxygen atoms in total. The molecule has 2 atom stereocenters. The van der Waals surface area contributed by atoms with Gasteiger partial charge in [-0.25, -0.2) is 4.98 Å². The van der Waals surface area contributed by atoms with Crippen LogP contribution in [0.25, 0.3) is 44.8 Å². The van der Waals surface area contributed by atoms with Crippen LogP contribution in [-0.2, 0) is 23.7 Å². The number of allylic oxidation sites excluding steroid dienone is 2. The third kappa shape index (κ3) is 10.8. The Morgan fingerprint density at radius 1 is 0.583 bits per heavy atom. The largest absolute Gasteiger partial charge is 0.507 e. The number of phenols is 2. The molecule has 2 unspecified atom stereocenters. The Labute approximate surface area is 362 Å². The second kappa shape index (κ2) is 19.5. The Bertz CT molecular complexity index is 2140. The summed E-state index contributed by atoms with van der Waals surface area (Å²) in [6.45, 7) is 30.0. The molecule has 0 aliphatic rings. The summed E-state index contributed by atoms with van der Waals surface area (Å²) in [5, 5.41) is 24.3. The molecule has 60 heavy (non-hydrogen) atoms. The molecular formula is C56H71NO3. The zero-order valence-corrected chi connectivity index (χ0v) is 38.6. The molecule has 0 bridgehead atoms. The third-order valence-corrected chi connectivity index (χ3v) is 12.4. The molecule has 0 aliphatic heterocycles. The molecule has 0 radical (unpaired) electrons. The number of rotatable bonds is 17. The lowest BCUT2D eigenvalue weighted by molar-refractivity contribution is 0.414. The summed E-state index contributed by atoms with van der Waals surface area (Å²) in [4.78, 5) is 5.44. The summed E-state index contributed by atoms with van der Waals surface area (Å²) in [6, 6.07) is 25.5. The van der Waals surface area contributed by atoms with Crippen LogP contribution >= 0.6 is 0 Å². The van der Waals surface area contributed by atoms with Gasteiger partial charge in [0.1, 0.15) is 17.2 Å². The molecule has 0 amide bonds. The molecule has 318 valence electrons. The van der Waals surface area contributed by atoms with Gasteiger partial charge in [-0.2, -0.15) is 0 Å². The minimum Gasteiger partial charge on any atom is -0.507 e. The molecule has 5 aromatic rings. The van der Waals surface area contributed by atoms with Gasteiger partial charge in [0.2, 0.25) is 0 Å². The van der Waals surface area contributed by atoms with Crippen LogP contribution in [0.5, 0.6) is 17.2 Å². The molecule has 4 heteroatoms. The molecule has 1 aromatic heterocycles. The van der Waals surface area contributed by atoms with E-state index in [1.54, 1.807) is 7.11 Å². The van der Waals surface area contributed by atoms with Crippen molar-refractivity contribution in [3.63, 3.8) is 0 Å². The maximum atomic E-state index is 12.2. The molecule has 2 N–H and O–H groups in total. The highest BCUT2D eigenvalue weighted by Crippen LogP contribution is 2.46. The van der Waals surface area contributed by atoms with E-state index >= 15 is 0 Å². The SMILES string of the molecule is C=CCC(CC)CCc1cc(C(C)(C)C)cc(-c2ccc(C)cc2-c2cc(OC)cc(-c3cc(C)ccc3-c3cc(C(C)(C)C)cc(CCC(CC)CC=C)c3O)n2)c1O. The van der Waals surface area contributed by atoms with E-state index in [0.717, 1.165) is 118 Å². The number of nitrogens with zero attached hydrogens (tertiary/aromatic N) is 1. The van der Waals surface area contributed by atoms with Gasteiger partial charge in [-0.05, 0) is 133 Å². The van der Waals surface area contributed by atoms with E-state index in [1.807, 2.05) is 24.3 Å². The van der Waals surface area contributed by atoms with Crippen LogP contribution < -0.4 is 4.74 Å². The van der Waals surface area contributed by atoms with Gasteiger partial charge >= 0.3 is 0 Å². The minimum absolute atomic E-state index is 0.130. The van der Waals surface area contributed by atoms with Gasteiger partial charge in [0, 0.05) is 34.4 Å². The number of benzene rings is 4.